The quantitative estimate of drug-likeness (QED) is 0.574. The molecule has 0 fully saturated rings. The summed E-state index contributed by atoms with van der Waals surface area (Å²) in [6, 6.07) is 3.94. The maximum absolute atomic E-state index is 13.4. The molecule has 2 nitrogen and oxygen atoms in total. The normalized spacial score (nSPS) is 11.7. The monoisotopic (exact) mass is 306 g/mol. The van der Waals surface area contributed by atoms with Crippen LogP contribution < -0.4 is 10.2 Å². The largest absolute Gasteiger partial charge is 0.405 e. The van der Waals surface area contributed by atoms with Gasteiger partial charge in [0, 0.05) is 18.8 Å². The summed E-state index contributed by atoms with van der Waals surface area (Å²) in [4.78, 5) is 1.27. The van der Waals surface area contributed by atoms with Crippen LogP contribution in [0.4, 0.5) is 23.2 Å². The fourth-order valence-electron chi connectivity index (χ4n) is 2.18. The summed E-state index contributed by atoms with van der Waals surface area (Å²) in [5, 5.41) is 3.10. The predicted molar refractivity (Wildman–Crippen MR) is 77.0 cm³/mol. The molecule has 120 valence electrons. The van der Waals surface area contributed by atoms with Crippen molar-refractivity contribution in [2.24, 2.45) is 0 Å². The van der Waals surface area contributed by atoms with E-state index in [1.165, 1.54) is 23.1 Å². The van der Waals surface area contributed by atoms with Gasteiger partial charge in [-0.3, -0.25) is 0 Å². The SMILES string of the molecule is CCCNCc1cc(F)ccc1N(CCC)CC(F)(F)F. The van der Waals surface area contributed by atoms with Crippen molar-refractivity contribution in [1.82, 2.24) is 5.32 Å². The fraction of sp³-hybridized carbons (Fsp3) is 0.600. The lowest BCUT2D eigenvalue weighted by Crippen LogP contribution is -2.35. The summed E-state index contributed by atoms with van der Waals surface area (Å²) in [5.41, 5.74) is 1.00. The first-order valence-electron chi connectivity index (χ1n) is 7.18. The van der Waals surface area contributed by atoms with Crippen LogP contribution in [0.5, 0.6) is 0 Å². The van der Waals surface area contributed by atoms with Crippen LogP contribution in [-0.4, -0.2) is 25.8 Å². The second-order valence-electron chi connectivity index (χ2n) is 4.99. The van der Waals surface area contributed by atoms with Gasteiger partial charge in [-0.15, -0.1) is 0 Å². The molecule has 0 aliphatic rings. The molecule has 0 unspecified atom stereocenters. The minimum atomic E-state index is -4.28. The van der Waals surface area contributed by atoms with Gasteiger partial charge in [-0.25, -0.2) is 4.39 Å². The molecule has 21 heavy (non-hydrogen) atoms. The van der Waals surface area contributed by atoms with Gasteiger partial charge in [0.05, 0.1) is 0 Å². The van der Waals surface area contributed by atoms with Crippen LogP contribution in [0.15, 0.2) is 18.2 Å². The molecule has 0 aromatic heterocycles. The molecule has 0 amide bonds. The number of nitrogens with one attached hydrogen (secondary N) is 1. The topological polar surface area (TPSA) is 15.3 Å². The molecule has 0 bridgehead atoms. The maximum Gasteiger partial charge on any atom is 0.405 e. The third-order valence-corrected chi connectivity index (χ3v) is 2.99. The van der Waals surface area contributed by atoms with Crippen molar-refractivity contribution < 1.29 is 17.6 Å². The number of anilines is 1. The van der Waals surface area contributed by atoms with Crippen LogP contribution in [0.2, 0.25) is 0 Å². The Kier molecular flexibility index (Phi) is 6.95. The number of halogens is 4. The first kappa shape index (κ1) is 17.8. The molecule has 1 aromatic rings. The smallest absolute Gasteiger partial charge is 0.362 e. The van der Waals surface area contributed by atoms with Crippen LogP contribution >= 0.6 is 0 Å². The fourth-order valence-corrected chi connectivity index (χ4v) is 2.18. The molecular formula is C15H22F4N2. The van der Waals surface area contributed by atoms with Gasteiger partial charge in [0.1, 0.15) is 12.4 Å². The van der Waals surface area contributed by atoms with Gasteiger partial charge in [-0.1, -0.05) is 13.8 Å². The number of rotatable bonds is 8. The number of nitrogens with zero attached hydrogens (tertiary/aromatic N) is 1. The third kappa shape index (κ3) is 6.33. The van der Waals surface area contributed by atoms with Crippen molar-refractivity contribution in [2.45, 2.75) is 39.4 Å². The average Bonchev–Trinajstić information content (AvgIpc) is 2.37. The van der Waals surface area contributed by atoms with E-state index in [9.17, 15) is 17.6 Å². The van der Waals surface area contributed by atoms with Gasteiger partial charge in [0.2, 0.25) is 0 Å². The predicted octanol–water partition coefficient (Wildman–Crippen LogP) is 4.10. The molecule has 0 aliphatic carbocycles. The highest BCUT2D eigenvalue weighted by Gasteiger charge is 2.31. The molecule has 0 radical (unpaired) electrons. The van der Waals surface area contributed by atoms with Crippen molar-refractivity contribution >= 4 is 5.69 Å². The van der Waals surface area contributed by atoms with Crippen molar-refractivity contribution in [2.75, 3.05) is 24.5 Å². The highest BCUT2D eigenvalue weighted by molar-refractivity contribution is 5.54. The molecule has 0 atom stereocenters. The number of alkyl halides is 3. The van der Waals surface area contributed by atoms with E-state index in [4.69, 9.17) is 0 Å². The number of hydrogen-bond donors (Lipinski definition) is 1. The van der Waals surface area contributed by atoms with Crippen molar-refractivity contribution in [3.05, 3.63) is 29.6 Å². The highest BCUT2D eigenvalue weighted by atomic mass is 19.4. The average molecular weight is 306 g/mol. The van der Waals surface area contributed by atoms with Crippen LogP contribution in [0.3, 0.4) is 0 Å². The Morgan fingerprint density at radius 2 is 1.86 bits per heavy atom. The van der Waals surface area contributed by atoms with Crippen molar-refractivity contribution in [3.8, 4) is 0 Å². The first-order chi connectivity index (χ1) is 9.87. The lowest BCUT2D eigenvalue weighted by Gasteiger charge is -2.28. The summed E-state index contributed by atoms with van der Waals surface area (Å²) in [6.45, 7) is 4.18. The van der Waals surface area contributed by atoms with Gasteiger partial charge >= 0.3 is 6.18 Å². The van der Waals surface area contributed by atoms with E-state index >= 15 is 0 Å². The standard InChI is InChI=1S/C15H22F4N2/c1-3-7-20-10-12-9-13(16)5-6-14(12)21(8-4-2)11-15(17,18)19/h5-6,9,20H,3-4,7-8,10-11H2,1-2H3. The minimum Gasteiger partial charge on any atom is -0.362 e. The Hall–Kier alpha value is -1.30. The molecule has 0 saturated carbocycles. The third-order valence-electron chi connectivity index (χ3n) is 2.99. The van der Waals surface area contributed by atoms with Crippen molar-refractivity contribution in [3.63, 3.8) is 0 Å². The molecule has 0 spiro atoms. The van der Waals surface area contributed by atoms with E-state index in [2.05, 4.69) is 5.32 Å². The summed E-state index contributed by atoms with van der Waals surface area (Å²) < 4.78 is 51.5. The van der Waals surface area contributed by atoms with Crippen LogP contribution in [0.1, 0.15) is 32.3 Å². The van der Waals surface area contributed by atoms with Crippen LogP contribution in [0, 0.1) is 5.82 Å². The van der Waals surface area contributed by atoms with Gasteiger partial charge in [-0.05, 0) is 43.1 Å². The minimum absolute atomic E-state index is 0.284. The summed E-state index contributed by atoms with van der Waals surface area (Å²) >= 11 is 0. The molecule has 0 aliphatic heterocycles. The molecule has 1 N–H and O–H groups in total. The van der Waals surface area contributed by atoms with E-state index < -0.39 is 18.5 Å². The van der Waals surface area contributed by atoms with E-state index in [1.807, 2.05) is 13.8 Å². The zero-order valence-corrected chi connectivity index (χ0v) is 12.4. The van der Waals surface area contributed by atoms with Crippen molar-refractivity contribution in [1.29, 1.82) is 0 Å². The van der Waals surface area contributed by atoms with E-state index in [0.29, 0.717) is 24.2 Å². The molecule has 0 heterocycles. The van der Waals surface area contributed by atoms with E-state index in [0.717, 1.165) is 13.0 Å². The summed E-state index contributed by atoms with van der Waals surface area (Å²) in [6.07, 6.45) is -2.78. The molecule has 1 aromatic carbocycles. The second-order valence-corrected chi connectivity index (χ2v) is 4.99. The van der Waals surface area contributed by atoms with Crippen LogP contribution in [0.25, 0.3) is 0 Å². The van der Waals surface area contributed by atoms with Gasteiger partial charge < -0.3 is 10.2 Å². The Morgan fingerprint density at radius 3 is 2.43 bits per heavy atom. The Bertz CT molecular complexity index is 432. The summed E-state index contributed by atoms with van der Waals surface area (Å²) in [7, 11) is 0. The molecular weight excluding hydrogens is 284 g/mol. The lowest BCUT2D eigenvalue weighted by atomic mass is 10.1. The zero-order valence-electron chi connectivity index (χ0n) is 12.4. The molecule has 6 heteroatoms. The summed E-state index contributed by atoms with van der Waals surface area (Å²) in [5.74, 6) is -0.435. The Labute approximate surface area is 123 Å². The highest BCUT2D eigenvalue weighted by Crippen LogP contribution is 2.26. The van der Waals surface area contributed by atoms with E-state index in [1.54, 1.807) is 0 Å². The zero-order chi connectivity index (χ0) is 15.9. The number of hydrogen-bond acceptors (Lipinski definition) is 2. The molecule has 1 rings (SSSR count). The van der Waals surface area contributed by atoms with Gasteiger partial charge in [0.15, 0.2) is 0 Å². The second kappa shape index (κ2) is 8.22. The Balaban J connectivity index is 2.99. The van der Waals surface area contributed by atoms with Gasteiger partial charge in [0.25, 0.3) is 0 Å². The van der Waals surface area contributed by atoms with Gasteiger partial charge in [-0.2, -0.15) is 13.2 Å². The maximum atomic E-state index is 13.4. The number of benzene rings is 1. The Morgan fingerprint density at radius 1 is 1.14 bits per heavy atom. The molecule has 0 saturated heterocycles. The lowest BCUT2D eigenvalue weighted by molar-refractivity contribution is -0.119. The van der Waals surface area contributed by atoms with Crippen LogP contribution in [-0.2, 0) is 6.54 Å². The first-order valence-corrected chi connectivity index (χ1v) is 7.18. The van der Waals surface area contributed by atoms with E-state index in [-0.39, 0.29) is 6.54 Å².